The van der Waals surface area contributed by atoms with Gasteiger partial charge in [-0.15, -0.1) is 0 Å². The van der Waals surface area contributed by atoms with E-state index in [0.717, 1.165) is 23.9 Å². The summed E-state index contributed by atoms with van der Waals surface area (Å²) in [6, 6.07) is 0. The first-order valence-electron chi connectivity index (χ1n) is 6.76. The molecule has 1 fully saturated rings. The van der Waals surface area contributed by atoms with Gasteiger partial charge in [0.15, 0.2) is 5.16 Å². The minimum absolute atomic E-state index is 0.0696. The number of nitrogens with zero attached hydrogens (tertiary/aromatic N) is 3. The van der Waals surface area contributed by atoms with Crippen LogP contribution in [-0.4, -0.2) is 50.9 Å². The SMILES string of the molecule is Cc1cnc(SCC(=O)O)n1CCN1CCCCC1. The molecule has 0 bridgehead atoms. The van der Waals surface area contributed by atoms with Crippen LogP contribution in [0.15, 0.2) is 11.4 Å². The molecule has 1 saturated heterocycles. The molecule has 19 heavy (non-hydrogen) atoms. The van der Waals surface area contributed by atoms with Gasteiger partial charge in [-0.2, -0.15) is 0 Å². The summed E-state index contributed by atoms with van der Waals surface area (Å²) >= 11 is 1.30. The Morgan fingerprint density at radius 3 is 2.79 bits per heavy atom. The normalized spacial score (nSPS) is 16.7. The van der Waals surface area contributed by atoms with Crippen molar-refractivity contribution in [3.8, 4) is 0 Å². The first-order chi connectivity index (χ1) is 9.16. The van der Waals surface area contributed by atoms with Crippen molar-refractivity contribution >= 4 is 17.7 Å². The van der Waals surface area contributed by atoms with E-state index in [1.807, 2.05) is 13.1 Å². The molecule has 0 atom stereocenters. The molecule has 1 aliphatic heterocycles. The zero-order valence-corrected chi connectivity index (χ0v) is 12.2. The zero-order valence-electron chi connectivity index (χ0n) is 11.3. The number of thioether (sulfide) groups is 1. The number of aliphatic carboxylic acids is 1. The third-order valence-corrected chi connectivity index (χ3v) is 4.41. The fourth-order valence-electron chi connectivity index (χ4n) is 2.38. The zero-order chi connectivity index (χ0) is 13.7. The molecule has 1 aliphatic rings. The van der Waals surface area contributed by atoms with Crippen LogP contribution in [0, 0.1) is 6.92 Å². The molecule has 6 heteroatoms. The van der Waals surface area contributed by atoms with Gasteiger partial charge in [-0.05, 0) is 32.9 Å². The summed E-state index contributed by atoms with van der Waals surface area (Å²) in [7, 11) is 0. The number of hydrogen-bond donors (Lipinski definition) is 1. The Balaban J connectivity index is 1.90. The molecule has 0 spiro atoms. The van der Waals surface area contributed by atoms with Crippen LogP contribution >= 0.6 is 11.8 Å². The number of piperidine rings is 1. The van der Waals surface area contributed by atoms with Crippen molar-refractivity contribution in [3.05, 3.63) is 11.9 Å². The van der Waals surface area contributed by atoms with E-state index in [-0.39, 0.29) is 5.75 Å². The smallest absolute Gasteiger partial charge is 0.313 e. The van der Waals surface area contributed by atoms with Gasteiger partial charge >= 0.3 is 5.97 Å². The second-order valence-corrected chi connectivity index (χ2v) is 5.86. The summed E-state index contributed by atoms with van der Waals surface area (Å²) in [5, 5.41) is 9.56. The summed E-state index contributed by atoms with van der Waals surface area (Å²) in [6.07, 6.45) is 5.76. The Labute approximate surface area is 118 Å². The van der Waals surface area contributed by atoms with Crippen molar-refractivity contribution in [1.29, 1.82) is 0 Å². The minimum Gasteiger partial charge on any atom is -0.481 e. The number of likely N-dealkylation sites (tertiary alicyclic amines) is 1. The number of carboxylic acids is 1. The molecule has 1 N–H and O–H groups in total. The summed E-state index contributed by atoms with van der Waals surface area (Å²) in [6.45, 7) is 6.32. The number of hydrogen-bond acceptors (Lipinski definition) is 4. The van der Waals surface area contributed by atoms with Crippen LogP contribution in [-0.2, 0) is 11.3 Å². The van der Waals surface area contributed by atoms with Crippen LogP contribution in [0.5, 0.6) is 0 Å². The number of aromatic nitrogens is 2. The van der Waals surface area contributed by atoms with Crippen molar-refractivity contribution in [2.45, 2.75) is 37.9 Å². The maximum Gasteiger partial charge on any atom is 0.313 e. The molecule has 0 aromatic carbocycles. The fourth-order valence-corrected chi connectivity index (χ4v) is 3.15. The lowest BCUT2D eigenvalue weighted by molar-refractivity contribution is -0.133. The lowest BCUT2D eigenvalue weighted by Crippen LogP contribution is -2.32. The monoisotopic (exact) mass is 283 g/mol. The van der Waals surface area contributed by atoms with E-state index in [0.29, 0.717) is 0 Å². The van der Waals surface area contributed by atoms with E-state index in [2.05, 4.69) is 14.5 Å². The molecule has 0 amide bonds. The van der Waals surface area contributed by atoms with Crippen LogP contribution in [0.3, 0.4) is 0 Å². The Morgan fingerprint density at radius 1 is 1.37 bits per heavy atom. The molecular weight excluding hydrogens is 262 g/mol. The number of aryl methyl sites for hydroxylation is 1. The summed E-state index contributed by atoms with van der Waals surface area (Å²) in [4.78, 5) is 17.4. The Hall–Kier alpha value is -1.01. The second kappa shape index (κ2) is 6.96. The van der Waals surface area contributed by atoms with Crippen LogP contribution in [0.4, 0.5) is 0 Å². The Kier molecular flexibility index (Phi) is 5.27. The van der Waals surface area contributed by atoms with Gasteiger partial charge in [0.2, 0.25) is 0 Å². The average Bonchev–Trinajstić information content (AvgIpc) is 2.76. The molecule has 5 nitrogen and oxygen atoms in total. The molecule has 1 aromatic heterocycles. The molecule has 0 aliphatic carbocycles. The fraction of sp³-hybridized carbons (Fsp3) is 0.692. The van der Waals surface area contributed by atoms with Crippen LogP contribution < -0.4 is 0 Å². The average molecular weight is 283 g/mol. The van der Waals surface area contributed by atoms with Crippen molar-refractivity contribution in [3.63, 3.8) is 0 Å². The molecule has 2 heterocycles. The van der Waals surface area contributed by atoms with Crippen molar-refractivity contribution in [2.24, 2.45) is 0 Å². The van der Waals surface area contributed by atoms with Gasteiger partial charge in [-0.1, -0.05) is 18.2 Å². The second-order valence-electron chi connectivity index (χ2n) is 4.92. The maximum atomic E-state index is 10.6. The van der Waals surface area contributed by atoms with E-state index in [4.69, 9.17) is 5.11 Å². The van der Waals surface area contributed by atoms with Crippen LogP contribution in [0.1, 0.15) is 25.0 Å². The van der Waals surface area contributed by atoms with Gasteiger partial charge in [0, 0.05) is 25.0 Å². The minimum atomic E-state index is -0.798. The molecule has 0 radical (unpaired) electrons. The van der Waals surface area contributed by atoms with E-state index in [9.17, 15) is 4.79 Å². The number of imidazole rings is 1. The van der Waals surface area contributed by atoms with E-state index >= 15 is 0 Å². The van der Waals surface area contributed by atoms with E-state index < -0.39 is 5.97 Å². The Bertz CT molecular complexity index is 428. The number of carboxylic acid groups (broad SMARTS) is 1. The van der Waals surface area contributed by atoms with Gasteiger partial charge in [-0.25, -0.2) is 4.98 Å². The van der Waals surface area contributed by atoms with E-state index in [1.165, 1.54) is 44.1 Å². The van der Waals surface area contributed by atoms with Gasteiger partial charge in [0.25, 0.3) is 0 Å². The third-order valence-electron chi connectivity index (χ3n) is 3.43. The van der Waals surface area contributed by atoms with Crippen molar-refractivity contribution in [2.75, 3.05) is 25.4 Å². The first kappa shape index (κ1) is 14.4. The highest BCUT2D eigenvalue weighted by Gasteiger charge is 2.13. The predicted octanol–water partition coefficient (Wildman–Crippen LogP) is 1.85. The molecule has 106 valence electrons. The first-order valence-corrected chi connectivity index (χ1v) is 7.74. The highest BCUT2D eigenvalue weighted by molar-refractivity contribution is 7.99. The van der Waals surface area contributed by atoms with Gasteiger partial charge in [-0.3, -0.25) is 4.79 Å². The topological polar surface area (TPSA) is 58.4 Å². The molecule has 1 aromatic rings. The standard InChI is InChI=1S/C13H21N3O2S/c1-11-9-14-13(19-10-12(17)18)16(11)8-7-15-5-3-2-4-6-15/h9H,2-8,10H2,1H3,(H,17,18). The largest absolute Gasteiger partial charge is 0.481 e. The third kappa shape index (κ3) is 4.24. The van der Waals surface area contributed by atoms with E-state index in [1.54, 1.807) is 0 Å². The molecular formula is C13H21N3O2S. The number of carbonyl (C=O) groups is 1. The van der Waals surface area contributed by atoms with Crippen molar-refractivity contribution < 1.29 is 9.90 Å². The van der Waals surface area contributed by atoms with Gasteiger partial charge in [0.1, 0.15) is 0 Å². The molecule has 2 rings (SSSR count). The van der Waals surface area contributed by atoms with Crippen LogP contribution in [0.2, 0.25) is 0 Å². The molecule has 0 unspecified atom stereocenters. The van der Waals surface area contributed by atoms with Gasteiger partial charge in [0.05, 0.1) is 5.75 Å². The maximum absolute atomic E-state index is 10.6. The van der Waals surface area contributed by atoms with Crippen molar-refractivity contribution in [1.82, 2.24) is 14.5 Å². The highest BCUT2D eigenvalue weighted by Crippen LogP contribution is 2.18. The predicted molar refractivity (Wildman–Crippen MR) is 75.6 cm³/mol. The summed E-state index contributed by atoms with van der Waals surface area (Å²) in [5.41, 5.74) is 1.10. The number of rotatable bonds is 6. The summed E-state index contributed by atoms with van der Waals surface area (Å²) < 4.78 is 2.13. The van der Waals surface area contributed by atoms with Gasteiger partial charge < -0.3 is 14.6 Å². The lowest BCUT2D eigenvalue weighted by atomic mass is 10.1. The molecule has 0 saturated carbocycles. The summed E-state index contributed by atoms with van der Waals surface area (Å²) in [5.74, 6) is -0.728. The highest BCUT2D eigenvalue weighted by atomic mass is 32.2. The lowest BCUT2D eigenvalue weighted by Gasteiger charge is -2.26. The quantitative estimate of drug-likeness (QED) is 0.808. The van der Waals surface area contributed by atoms with Crippen LogP contribution in [0.25, 0.3) is 0 Å². The Morgan fingerprint density at radius 2 is 2.11 bits per heavy atom.